The molecule has 1 spiro atoms. The van der Waals surface area contributed by atoms with Gasteiger partial charge in [-0.15, -0.1) is 0 Å². The highest BCUT2D eigenvalue weighted by atomic mass is 32.2. The van der Waals surface area contributed by atoms with Gasteiger partial charge in [-0.3, -0.25) is 9.59 Å². The number of hydrogen-bond acceptors (Lipinski definition) is 4. The van der Waals surface area contributed by atoms with Gasteiger partial charge in [-0.1, -0.05) is 25.7 Å². The maximum absolute atomic E-state index is 12.8. The fourth-order valence-electron chi connectivity index (χ4n) is 5.38. The number of carbonyl (C=O) groups is 2. The third-order valence-electron chi connectivity index (χ3n) is 7.49. The first kappa shape index (κ1) is 19.2. The van der Waals surface area contributed by atoms with Crippen molar-refractivity contribution in [3.63, 3.8) is 0 Å². The summed E-state index contributed by atoms with van der Waals surface area (Å²) in [5.41, 5.74) is -0.0450. The van der Waals surface area contributed by atoms with E-state index in [2.05, 4.69) is 0 Å². The minimum absolute atomic E-state index is 0.0117. The second-order valence-electron chi connectivity index (χ2n) is 9.17. The molecule has 7 heteroatoms. The zero-order valence-electron chi connectivity index (χ0n) is 16.2. The first-order valence-corrected chi connectivity index (χ1v) is 12.5. The van der Waals surface area contributed by atoms with Crippen LogP contribution in [0.15, 0.2) is 0 Å². The monoisotopic (exact) mass is 396 g/mol. The van der Waals surface area contributed by atoms with Crippen LogP contribution in [0.3, 0.4) is 0 Å². The van der Waals surface area contributed by atoms with E-state index in [0.717, 1.165) is 18.8 Å². The molecule has 0 aromatic rings. The zero-order valence-corrected chi connectivity index (χ0v) is 17.0. The predicted octanol–water partition coefficient (Wildman–Crippen LogP) is 1.84. The van der Waals surface area contributed by atoms with Crippen LogP contribution in [0.5, 0.6) is 0 Å². The third-order valence-corrected chi connectivity index (χ3v) is 9.15. The third kappa shape index (κ3) is 4.17. The Kier molecular flexibility index (Phi) is 5.25. The molecule has 0 aromatic carbocycles. The molecule has 6 nitrogen and oxygen atoms in total. The highest BCUT2D eigenvalue weighted by Gasteiger charge is 2.60. The molecule has 1 atom stereocenters. The molecule has 4 fully saturated rings. The first-order chi connectivity index (χ1) is 12.9. The van der Waals surface area contributed by atoms with E-state index in [4.69, 9.17) is 0 Å². The largest absolute Gasteiger partial charge is 0.339 e. The molecule has 4 rings (SSSR count). The van der Waals surface area contributed by atoms with E-state index >= 15 is 0 Å². The summed E-state index contributed by atoms with van der Waals surface area (Å²) in [6.45, 7) is 2.53. The Morgan fingerprint density at radius 3 is 2.15 bits per heavy atom. The van der Waals surface area contributed by atoms with Crippen LogP contribution in [0.2, 0.25) is 0 Å². The van der Waals surface area contributed by atoms with Crippen molar-refractivity contribution in [3.8, 4) is 0 Å². The van der Waals surface area contributed by atoms with Crippen LogP contribution in [-0.4, -0.2) is 67.7 Å². The lowest BCUT2D eigenvalue weighted by Gasteiger charge is -2.35. The van der Waals surface area contributed by atoms with Gasteiger partial charge in [0, 0.05) is 38.5 Å². The van der Waals surface area contributed by atoms with Crippen LogP contribution in [0, 0.1) is 17.3 Å². The molecule has 2 aliphatic carbocycles. The van der Waals surface area contributed by atoms with Gasteiger partial charge in [0.25, 0.3) is 0 Å². The summed E-state index contributed by atoms with van der Waals surface area (Å²) in [7, 11) is -2.89. The van der Waals surface area contributed by atoms with Gasteiger partial charge >= 0.3 is 0 Å². The summed E-state index contributed by atoms with van der Waals surface area (Å²) in [5.74, 6) is 1.65. The van der Waals surface area contributed by atoms with Gasteiger partial charge in [0.2, 0.25) is 11.8 Å². The number of hydrogen-bond donors (Lipinski definition) is 0. The van der Waals surface area contributed by atoms with E-state index in [1.165, 1.54) is 25.7 Å². The molecular weight excluding hydrogens is 364 g/mol. The molecule has 2 saturated carbocycles. The lowest BCUT2D eigenvalue weighted by atomic mass is 9.95. The molecule has 0 N–H and O–H groups in total. The van der Waals surface area contributed by atoms with Crippen molar-refractivity contribution in [2.24, 2.45) is 17.3 Å². The van der Waals surface area contributed by atoms with E-state index in [-0.39, 0.29) is 34.7 Å². The SMILES string of the molecule is O=C(CCC1CCCC1)N1CCN(C(=O)C2CC23CCS(=O)(=O)CC3)CC1. The van der Waals surface area contributed by atoms with Gasteiger partial charge in [0.1, 0.15) is 9.84 Å². The van der Waals surface area contributed by atoms with Gasteiger partial charge in [0.15, 0.2) is 0 Å². The number of sulfone groups is 1. The van der Waals surface area contributed by atoms with Crippen LogP contribution < -0.4 is 0 Å². The minimum atomic E-state index is -2.89. The van der Waals surface area contributed by atoms with Crippen LogP contribution in [-0.2, 0) is 19.4 Å². The van der Waals surface area contributed by atoms with Gasteiger partial charge < -0.3 is 9.80 Å². The van der Waals surface area contributed by atoms with E-state index in [9.17, 15) is 18.0 Å². The number of amides is 2. The maximum Gasteiger partial charge on any atom is 0.226 e. The van der Waals surface area contributed by atoms with Crippen LogP contribution in [0.4, 0.5) is 0 Å². The molecule has 152 valence electrons. The predicted molar refractivity (Wildman–Crippen MR) is 103 cm³/mol. The Labute approximate surface area is 162 Å². The van der Waals surface area contributed by atoms with E-state index < -0.39 is 9.84 Å². The van der Waals surface area contributed by atoms with Crippen molar-refractivity contribution in [2.45, 2.75) is 57.8 Å². The lowest BCUT2D eigenvalue weighted by Crippen LogP contribution is -2.51. The Morgan fingerprint density at radius 1 is 0.926 bits per heavy atom. The lowest BCUT2D eigenvalue weighted by molar-refractivity contribution is -0.141. The zero-order chi connectivity index (χ0) is 19.1. The van der Waals surface area contributed by atoms with E-state index in [1.807, 2.05) is 9.80 Å². The average molecular weight is 397 g/mol. The highest BCUT2D eigenvalue weighted by molar-refractivity contribution is 7.91. The van der Waals surface area contributed by atoms with Crippen molar-refractivity contribution in [1.82, 2.24) is 9.80 Å². The fourth-order valence-corrected chi connectivity index (χ4v) is 7.01. The highest BCUT2D eigenvalue weighted by Crippen LogP contribution is 2.60. The first-order valence-electron chi connectivity index (χ1n) is 10.7. The quantitative estimate of drug-likeness (QED) is 0.727. The molecular formula is C20H32N2O4S. The summed E-state index contributed by atoms with van der Waals surface area (Å²) in [5, 5.41) is 0. The van der Waals surface area contributed by atoms with Crippen molar-refractivity contribution in [1.29, 1.82) is 0 Å². The van der Waals surface area contributed by atoms with Gasteiger partial charge in [-0.2, -0.15) is 0 Å². The number of carbonyl (C=O) groups excluding carboxylic acids is 2. The molecule has 2 aliphatic heterocycles. The van der Waals surface area contributed by atoms with Crippen LogP contribution in [0.1, 0.15) is 57.8 Å². The molecule has 0 radical (unpaired) electrons. The van der Waals surface area contributed by atoms with E-state index in [0.29, 0.717) is 45.4 Å². The average Bonchev–Trinajstić information content (AvgIpc) is 3.11. The van der Waals surface area contributed by atoms with Gasteiger partial charge in [-0.05, 0) is 37.0 Å². The minimum Gasteiger partial charge on any atom is -0.339 e. The molecule has 0 aromatic heterocycles. The van der Waals surface area contributed by atoms with Crippen LogP contribution >= 0.6 is 0 Å². The van der Waals surface area contributed by atoms with Gasteiger partial charge in [-0.25, -0.2) is 8.42 Å². The molecule has 2 heterocycles. The number of piperazine rings is 1. The molecule has 2 saturated heterocycles. The topological polar surface area (TPSA) is 74.8 Å². The van der Waals surface area contributed by atoms with E-state index in [1.54, 1.807) is 0 Å². The summed E-state index contributed by atoms with van der Waals surface area (Å²) in [6, 6.07) is 0. The Balaban J connectivity index is 1.21. The summed E-state index contributed by atoms with van der Waals surface area (Å²) in [4.78, 5) is 29.1. The Bertz CT molecular complexity index is 677. The second-order valence-corrected chi connectivity index (χ2v) is 11.5. The number of rotatable bonds is 4. The smallest absolute Gasteiger partial charge is 0.226 e. The van der Waals surface area contributed by atoms with Crippen molar-refractivity contribution in [2.75, 3.05) is 37.7 Å². The van der Waals surface area contributed by atoms with Gasteiger partial charge in [0.05, 0.1) is 11.5 Å². The summed E-state index contributed by atoms with van der Waals surface area (Å²) >= 11 is 0. The molecule has 0 bridgehead atoms. The normalized spacial score (nSPS) is 29.9. The molecule has 2 amide bonds. The molecule has 4 aliphatic rings. The molecule has 27 heavy (non-hydrogen) atoms. The standard InChI is InChI=1S/C20H32N2O4S/c23-18(6-5-16-3-1-2-4-16)21-9-11-22(12-10-21)19(24)17-15-20(17)7-13-27(25,26)14-8-20/h16-17H,1-15H2. The second kappa shape index (κ2) is 7.37. The maximum atomic E-state index is 12.8. The van der Waals surface area contributed by atoms with Crippen molar-refractivity contribution in [3.05, 3.63) is 0 Å². The van der Waals surface area contributed by atoms with Crippen molar-refractivity contribution >= 4 is 21.7 Å². The summed E-state index contributed by atoms with van der Waals surface area (Å²) in [6.07, 6.45) is 8.99. The van der Waals surface area contributed by atoms with Crippen LogP contribution in [0.25, 0.3) is 0 Å². The Morgan fingerprint density at radius 2 is 1.52 bits per heavy atom. The Hall–Kier alpha value is -1.11. The fraction of sp³-hybridized carbons (Fsp3) is 0.900. The number of nitrogens with zero attached hydrogens (tertiary/aromatic N) is 2. The van der Waals surface area contributed by atoms with Crippen molar-refractivity contribution < 1.29 is 18.0 Å². The summed E-state index contributed by atoms with van der Waals surface area (Å²) < 4.78 is 23.3. The molecule has 1 unspecified atom stereocenters.